The highest BCUT2D eigenvalue weighted by Gasteiger charge is 2.39. The number of nitrogens with zero attached hydrogens (tertiary/aromatic N) is 2. The summed E-state index contributed by atoms with van der Waals surface area (Å²) in [6.07, 6.45) is 4.54. The Kier molecular flexibility index (Phi) is 3.36. The van der Waals surface area contributed by atoms with Gasteiger partial charge in [-0.2, -0.15) is 4.98 Å². The highest BCUT2D eigenvalue weighted by atomic mass is 32.2. The highest BCUT2D eigenvalue weighted by molar-refractivity contribution is 7.91. The second-order valence-corrected chi connectivity index (χ2v) is 8.64. The quantitative estimate of drug-likeness (QED) is 0.884. The van der Waals surface area contributed by atoms with Crippen LogP contribution < -0.4 is 5.73 Å². The zero-order chi connectivity index (χ0) is 14.4. The Morgan fingerprint density at radius 3 is 2.85 bits per heavy atom. The van der Waals surface area contributed by atoms with Crippen molar-refractivity contribution in [3.63, 3.8) is 0 Å². The van der Waals surface area contributed by atoms with E-state index >= 15 is 0 Å². The molecule has 1 aliphatic heterocycles. The average molecular weight is 299 g/mol. The molecule has 1 saturated carbocycles. The number of hydrogen-bond donors (Lipinski definition) is 1. The Bertz CT molecular complexity index is 598. The number of sulfone groups is 1. The molecule has 3 rings (SSSR count). The molecule has 0 aromatic carbocycles. The van der Waals surface area contributed by atoms with Gasteiger partial charge in [0.05, 0.1) is 23.0 Å². The molecule has 2 aliphatic rings. The molecule has 1 aromatic rings. The molecule has 2 fully saturated rings. The Labute approximate surface area is 119 Å². The average Bonchev–Trinajstić information content (AvgIpc) is 2.95. The summed E-state index contributed by atoms with van der Waals surface area (Å²) >= 11 is 0. The molecular weight excluding hydrogens is 278 g/mol. The summed E-state index contributed by atoms with van der Waals surface area (Å²) in [5.74, 6) is 1.70. The first-order valence-electron chi connectivity index (χ1n) is 7.21. The van der Waals surface area contributed by atoms with Gasteiger partial charge in [0.15, 0.2) is 15.7 Å². The van der Waals surface area contributed by atoms with E-state index in [1.807, 2.05) is 0 Å². The largest absolute Gasteiger partial charge is 0.339 e. The van der Waals surface area contributed by atoms with Crippen LogP contribution in [0, 0.1) is 5.92 Å². The van der Waals surface area contributed by atoms with Crippen LogP contribution >= 0.6 is 0 Å². The fourth-order valence-electron chi connectivity index (χ4n) is 3.39. The number of nitrogens with two attached hydrogens (primary N) is 1. The molecule has 1 saturated heterocycles. The molecular formula is C13H21N3O3S. The summed E-state index contributed by atoms with van der Waals surface area (Å²) in [5.41, 5.74) is 5.92. The third-order valence-electron chi connectivity index (χ3n) is 4.50. The van der Waals surface area contributed by atoms with E-state index in [-0.39, 0.29) is 17.4 Å². The van der Waals surface area contributed by atoms with E-state index in [1.54, 1.807) is 0 Å². The third-order valence-corrected chi connectivity index (χ3v) is 6.27. The minimum absolute atomic E-state index is 0.114. The molecule has 2 heterocycles. The second-order valence-electron chi connectivity index (χ2n) is 6.41. The maximum absolute atomic E-state index is 11.5. The molecule has 112 valence electrons. The Hall–Kier alpha value is -0.950. The van der Waals surface area contributed by atoms with E-state index in [0.717, 1.165) is 19.3 Å². The van der Waals surface area contributed by atoms with Gasteiger partial charge in [-0.15, -0.1) is 0 Å². The predicted octanol–water partition coefficient (Wildman–Crippen LogP) is 1.34. The van der Waals surface area contributed by atoms with Gasteiger partial charge in [0.25, 0.3) is 0 Å². The van der Waals surface area contributed by atoms with Crippen molar-refractivity contribution in [2.45, 2.75) is 50.5 Å². The first-order chi connectivity index (χ1) is 9.38. The van der Waals surface area contributed by atoms with E-state index in [2.05, 4.69) is 17.1 Å². The van der Waals surface area contributed by atoms with Crippen LogP contribution in [0.4, 0.5) is 0 Å². The Balaban J connectivity index is 1.80. The molecule has 3 atom stereocenters. The second kappa shape index (κ2) is 4.80. The summed E-state index contributed by atoms with van der Waals surface area (Å²) in [5, 5.41) is 4.03. The summed E-state index contributed by atoms with van der Waals surface area (Å²) in [4.78, 5) is 4.42. The van der Waals surface area contributed by atoms with Crippen molar-refractivity contribution in [2.24, 2.45) is 11.7 Å². The molecule has 1 aromatic heterocycles. The summed E-state index contributed by atoms with van der Waals surface area (Å²) < 4.78 is 28.3. The van der Waals surface area contributed by atoms with Gasteiger partial charge in [-0.1, -0.05) is 24.9 Å². The SMILES string of the molecule is CC1CCCC(N)(c2noc(C3CCS(=O)(=O)C3)n2)C1. The van der Waals surface area contributed by atoms with E-state index < -0.39 is 15.4 Å². The maximum atomic E-state index is 11.5. The molecule has 1 aliphatic carbocycles. The van der Waals surface area contributed by atoms with Crippen LogP contribution in [0.1, 0.15) is 56.7 Å². The van der Waals surface area contributed by atoms with Gasteiger partial charge < -0.3 is 10.3 Å². The lowest BCUT2D eigenvalue weighted by Gasteiger charge is -2.33. The van der Waals surface area contributed by atoms with Gasteiger partial charge >= 0.3 is 0 Å². The van der Waals surface area contributed by atoms with Gasteiger partial charge in [-0.05, 0) is 25.2 Å². The molecule has 0 radical (unpaired) electrons. The van der Waals surface area contributed by atoms with Crippen LogP contribution in [0.25, 0.3) is 0 Å². The smallest absolute Gasteiger partial charge is 0.230 e. The maximum Gasteiger partial charge on any atom is 0.230 e. The van der Waals surface area contributed by atoms with Crippen molar-refractivity contribution >= 4 is 9.84 Å². The van der Waals surface area contributed by atoms with Crippen LogP contribution in [0.5, 0.6) is 0 Å². The first-order valence-corrected chi connectivity index (χ1v) is 9.03. The standard InChI is InChI=1S/C13H21N3O3S/c1-9-3-2-5-13(14,7-9)12-15-11(19-16-12)10-4-6-20(17,18)8-10/h9-10H,2-8,14H2,1H3. The van der Waals surface area contributed by atoms with Gasteiger partial charge in [0.1, 0.15) is 0 Å². The van der Waals surface area contributed by atoms with Crippen molar-refractivity contribution in [3.05, 3.63) is 11.7 Å². The van der Waals surface area contributed by atoms with Gasteiger partial charge in [0, 0.05) is 0 Å². The molecule has 7 heteroatoms. The lowest BCUT2D eigenvalue weighted by Crippen LogP contribution is -2.42. The van der Waals surface area contributed by atoms with Crippen LogP contribution in [-0.2, 0) is 15.4 Å². The van der Waals surface area contributed by atoms with E-state index in [0.29, 0.717) is 24.1 Å². The molecule has 3 unspecified atom stereocenters. The van der Waals surface area contributed by atoms with Gasteiger partial charge in [-0.25, -0.2) is 8.42 Å². The van der Waals surface area contributed by atoms with E-state index in [4.69, 9.17) is 10.3 Å². The van der Waals surface area contributed by atoms with Crippen molar-refractivity contribution < 1.29 is 12.9 Å². The van der Waals surface area contributed by atoms with Crippen molar-refractivity contribution in [1.29, 1.82) is 0 Å². The monoisotopic (exact) mass is 299 g/mol. The normalized spacial score (nSPS) is 37.1. The number of aromatic nitrogens is 2. The lowest BCUT2D eigenvalue weighted by atomic mass is 9.76. The summed E-state index contributed by atoms with van der Waals surface area (Å²) in [7, 11) is -2.94. The van der Waals surface area contributed by atoms with Crippen molar-refractivity contribution in [3.8, 4) is 0 Å². The predicted molar refractivity (Wildman–Crippen MR) is 73.8 cm³/mol. The molecule has 6 nitrogen and oxygen atoms in total. The Morgan fingerprint density at radius 2 is 2.20 bits per heavy atom. The lowest BCUT2D eigenvalue weighted by molar-refractivity contribution is 0.221. The van der Waals surface area contributed by atoms with Gasteiger partial charge in [-0.3, -0.25) is 0 Å². The van der Waals surface area contributed by atoms with Crippen molar-refractivity contribution in [1.82, 2.24) is 10.1 Å². The fraction of sp³-hybridized carbons (Fsp3) is 0.846. The molecule has 0 bridgehead atoms. The molecule has 20 heavy (non-hydrogen) atoms. The Morgan fingerprint density at radius 1 is 1.40 bits per heavy atom. The van der Waals surface area contributed by atoms with Crippen LogP contribution in [-0.4, -0.2) is 30.1 Å². The van der Waals surface area contributed by atoms with E-state index in [1.165, 1.54) is 6.42 Å². The summed E-state index contributed by atoms with van der Waals surface area (Å²) in [6.45, 7) is 2.19. The first kappa shape index (κ1) is 14.0. The highest BCUT2D eigenvalue weighted by Crippen LogP contribution is 2.37. The van der Waals surface area contributed by atoms with E-state index in [9.17, 15) is 8.42 Å². The zero-order valence-corrected chi connectivity index (χ0v) is 12.5. The zero-order valence-electron chi connectivity index (χ0n) is 11.7. The minimum Gasteiger partial charge on any atom is -0.339 e. The topological polar surface area (TPSA) is 99.1 Å². The third kappa shape index (κ3) is 2.61. The van der Waals surface area contributed by atoms with Crippen LogP contribution in [0.15, 0.2) is 4.52 Å². The number of hydrogen-bond acceptors (Lipinski definition) is 6. The molecule has 0 spiro atoms. The fourth-order valence-corrected chi connectivity index (χ4v) is 5.12. The summed E-state index contributed by atoms with van der Waals surface area (Å²) in [6, 6.07) is 0. The minimum atomic E-state index is -2.94. The molecule has 2 N–H and O–H groups in total. The van der Waals surface area contributed by atoms with Crippen LogP contribution in [0.3, 0.4) is 0 Å². The van der Waals surface area contributed by atoms with Crippen LogP contribution in [0.2, 0.25) is 0 Å². The molecule has 0 amide bonds. The number of rotatable bonds is 2. The van der Waals surface area contributed by atoms with Crippen molar-refractivity contribution in [2.75, 3.05) is 11.5 Å². The van der Waals surface area contributed by atoms with Gasteiger partial charge in [0.2, 0.25) is 5.89 Å².